The Labute approximate surface area is 110 Å². The Morgan fingerprint density at radius 3 is 2.61 bits per heavy atom. The Morgan fingerprint density at radius 1 is 1.33 bits per heavy atom. The first-order chi connectivity index (χ1) is 8.66. The van der Waals surface area contributed by atoms with Crippen LogP contribution in [0.4, 0.5) is 0 Å². The Kier molecular flexibility index (Phi) is 5.01. The number of amides is 1. The van der Waals surface area contributed by atoms with E-state index in [0.29, 0.717) is 0 Å². The van der Waals surface area contributed by atoms with Crippen LogP contribution in [0.2, 0.25) is 0 Å². The van der Waals surface area contributed by atoms with Gasteiger partial charge in [-0.1, -0.05) is 13.8 Å². The SMILES string of the molecule is CC(C)C1CC(C(=O)NCCN2CCOCC2)C1. The molecule has 0 aromatic carbocycles. The Hall–Kier alpha value is -0.610. The van der Waals surface area contributed by atoms with Crippen LogP contribution in [0.5, 0.6) is 0 Å². The normalized spacial score (nSPS) is 29.1. The summed E-state index contributed by atoms with van der Waals surface area (Å²) in [5.41, 5.74) is 0. The van der Waals surface area contributed by atoms with Crippen LogP contribution in [0.1, 0.15) is 26.7 Å². The van der Waals surface area contributed by atoms with Gasteiger partial charge in [-0.25, -0.2) is 0 Å². The molecule has 0 aromatic rings. The van der Waals surface area contributed by atoms with Crippen LogP contribution < -0.4 is 5.32 Å². The van der Waals surface area contributed by atoms with E-state index in [2.05, 4.69) is 24.1 Å². The highest BCUT2D eigenvalue weighted by Crippen LogP contribution is 2.38. The van der Waals surface area contributed by atoms with Gasteiger partial charge in [0.2, 0.25) is 5.91 Å². The quantitative estimate of drug-likeness (QED) is 0.799. The maximum Gasteiger partial charge on any atom is 0.223 e. The molecule has 0 aromatic heterocycles. The fourth-order valence-corrected chi connectivity index (χ4v) is 2.73. The van der Waals surface area contributed by atoms with Crippen molar-refractivity contribution in [3.63, 3.8) is 0 Å². The van der Waals surface area contributed by atoms with Crippen molar-refractivity contribution in [2.24, 2.45) is 17.8 Å². The molecule has 1 saturated carbocycles. The van der Waals surface area contributed by atoms with Crippen molar-refractivity contribution < 1.29 is 9.53 Å². The van der Waals surface area contributed by atoms with Gasteiger partial charge in [-0.15, -0.1) is 0 Å². The van der Waals surface area contributed by atoms with Crippen LogP contribution in [0, 0.1) is 17.8 Å². The number of ether oxygens (including phenoxy) is 1. The summed E-state index contributed by atoms with van der Waals surface area (Å²) >= 11 is 0. The summed E-state index contributed by atoms with van der Waals surface area (Å²) in [5, 5.41) is 3.07. The van der Waals surface area contributed by atoms with E-state index in [1.807, 2.05) is 0 Å². The van der Waals surface area contributed by atoms with Crippen molar-refractivity contribution in [1.29, 1.82) is 0 Å². The zero-order valence-corrected chi connectivity index (χ0v) is 11.7. The van der Waals surface area contributed by atoms with E-state index in [1.54, 1.807) is 0 Å². The van der Waals surface area contributed by atoms with Gasteiger partial charge in [-0.3, -0.25) is 9.69 Å². The number of rotatable bonds is 5. The Morgan fingerprint density at radius 2 is 2.00 bits per heavy atom. The number of hydrogen-bond donors (Lipinski definition) is 1. The van der Waals surface area contributed by atoms with E-state index in [1.165, 1.54) is 0 Å². The van der Waals surface area contributed by atoms with Gasteiger partial charge in [0.05, 0.1) is 13.2 Å². The summed E-state index contributed by atoms with van der Waals surface area (Å²) in [4.78, 5) is 14.2. The molecule has 0 atom stereocenters. The number of carbonyl (C=O) groups excluding carboxylic acids is 1. The second-order valence-electron chi connectivity index (χ2n) is 5.92. The van der Waals surface area contributed by atoms with Crippen molar-refractivity contribution in [1.82, 2.24) is 10.2 Å². The largest absolute Gasteiger partial charge is 0.379 e. The van der Waals surface area contributed by atoms with Crippen LogP contribution in [-0.2, 0) is 9.53 Å². The fraction of sp³-hybridized carbons (Fsp3) is 0.929. The molecule has 2 fully saturated rings. The molecular formula is C14H26N2O2. The summed E-state index contributed by atoms with van der Waals surface area (Å²) in [5.74, 6) is 2.03. The van der Waals surface area contributed by atoms with Gasteiger partial charge >= 0.3 is 0 Å². The molecule has 0 radical (unpaired) electrons. The molecule has 2 rings (SSSR count). The maximum atomic E-state index is 11.9. The first kappa shape index (κ1) is 13.8. The standard InChI is InChI=1S/C14H26N2O2/c1-11(2)12-9-13(10-12)14(17)15-3-4-16-5-7-18-8-6-16/h11-13H,3-10H2,1-2H3,(H,15,17). The summed E-state index contributed by atoms with van der Waals surface area (Å²) in [6.07, 6.45) is 2.17. The molecular weight excluding hydrogens is 228 g/mol. The summed E-state index contributed by atoms with van der Waals surface area (Å²) < 4.78 is 5.30. The highest BCUT2D eigenvalue weighted by Gasteiger charge is 2.35. The highest BCUT2D eigenvalue weighted by molar-refractivity contribution is 5.79. The van der Waals surface area contributed by atoms with E-state index < -0.39 is 0 Å². The van der Waals surface area contributed by atoms with E-state index in [9.17, 15) is 4.79 Å². The minimum atomic E-state index is 0.264. The lowest BCUT2D eigenvalue weighted by Gasteiger charge is -2.37. The van der Waals surface area contributed by atoms with E-state index >= 15 is 0 Å². The van der Waals surface area contributed by atoms with Gasteiger partial charge in [-0.2, -0.15) is 0 Å². The van der Waals surface area contributed by atoms with Crippen LogP contribution in [0.15, 0.2) is 0 Å². The van der Waals surface area contributed by atoms with Gasteiger partial charge in [0.1, 0.15) is 0 Å². The first-order valence-corrected chi connectivity index (χ1v) is 7.24. The molecule has 1 N–H and O–H groups in total. The van der Waals surface area contributed by atoms with Gasteiger partial charge in [0.25, 0.3) is 0 Å². The van der Waals surface area contributed by atoms with Crippen molar-refractivity contribution in [2.75, 3.05) is 39.4 Å². The number of carbonyl (C=O) groups is 1. The highest BCUT2D eigenvalue weighted by atomic mass is 16.5. The van der Waals surface area contributed by atoms with E-state index in [-0.39, 0.29) is 11.8 Å². The van der Waals surface area contributed by atoms with Crippen LogP contribution in [0.3, 0.4) is 0 Å². The lowest BCUT2D eigenvalue weighted by Crippen LogP contribution is -2.44. The predicted molar refractivity (Wildman–Crippen MR) is 71.3 cm³/mol. The maximum absolute atomic E-state index is 11.9. The molecule has 2 aliphatic rings. The monoisotopic (exact) mass is 254 g/mol. The van der Waals surface area contributed by atoms with E-state index in [0.717, 1.165) is 64.1 Å². The van der Waals surface area contributed by atoms with Crippen molar-refractivity contribution in [2.45, 2.75) is 26.7 Å². The van der Waals surface area contributed by atoms with Gasteiger partial charge in [0, 0.05) is 32.1 Å². The minimum absolute atomic E-state index is 0.264. The minimum Gasteiger partial charge on any atom is -0.379 e. The molecule has 1 amide bonds. The number of hydrogen-bond acceptors (Lipinski definition) is 3. The number of nitrogens with zero attached hydrogens (tertiary/aromatic N) is 1. The Balaban J connectivity index is 1.55. The average molecular weight is 254 g/mol. The number of morpholine rings is 1. The second-order valence-corrected chi connectivity index (χ2v) is 5.92. The molecule has 18 heavy (non-hydrogen) atoms. The fourth-order valence-electron chi connectivity index (χ4n) is 2.73. The number of nitrogens with one attached hydrogen (secondary N) is 1. The zero-order chi connectivity index (χ0) is 13.0. The summed E-state index contributed by atoms with van der Waals surface area (Å²) in [6, 6.07) is 0. The van der Waals surface area contributed by atoms with Crippen LogP contribution in [0.25, 0.3) is 0 Å². The molecule has 104 valence electrons. The third-order valence-electron chi connectivity index (χ3n) is 4.32. The van der Waals surface area contributed by atoms with Crippen molar-refractivity contribution >= 4 is 5.91 Å². The molecule has 1 saturated heterocycles. The first-order valence-electron chi connectivity index (χ1n) is 7.24. The molecule has 0 unspecified atom stereocenters. The van der Waals surface area contributed by atoms with Gasteiger partial charge in [0.15, 0.2) is 0 Å². The third kappa shape index (κ3) is 3.69. The van der Waals surface area contributed by atoms with Gasteiger partial charge < -0.3 is 10.1 Å². The third-order valence-corrected chi connectivity index (χ3v) is 4.32. The summed E-state index contributed by atoms with van der Waals surface area (Å²) in [6.45, 7) is 9.87. The molecule has 1 aliphatic carbocycles. The topological polar surface area (TPSA) is 41.6 Å². The molecule has 4 nitrogen and oxygen atoms in total. The second kappa shape index (κ2) is 6.53. The predicted octanol–water partition coefficient (Wildman–Crippen LogP) is 1.12. The van der Waals surface area contributed by atoms with Crippen molar-refractivity contribution in [3.8, 4) is 0 Å². The van der Waals surface area contributed by atoms with Crippen LogP contribution >= 0.6 is 0 Å². The molecule has 0 bridgehead atoms. The smallest absolute Gasteiger partial charge is 0.223 e. The Bertz CT molecular complexity index is 269. The molecule has 1 aliphatic heterocycles. The average Bonchev–Trinajstić information content (AvgIpc) is 2.28. The molecule has 0 spiro atoms. The van der Waals surface area contributed by atoms with Crippen molar-refractivity contribution in [3.05, 3.63) is 0 Å². The lowest BCUT2D eigenvalue weighted by atomic mass is 9.69. The molecule has 1 heterocycles. The zero-order valence-electron chi connectivity index (χ0n) is 11.7. The molecule has 4 heteroatoms. The van der Waals surface area contributed by atoms with Crippen LogP contribution in [-0.4, -0.2) is 50.2 Å². The van der Waals surface area contributed by atoms with E-state index in [4.69, 9.17) is 4.74 Å². The summed E-state index contributed by atoms with van der Waals surface area (Å²) in [7, 11) is 0. The lowest BCUT2D eigenvalue weighted by molar-refractivity contribution is -0.129. The van der Waals surface area contributed by atoms with Gasteiger partial charge in [-0.05, 0) is 24.7 Å².